The van der Waals surface area contributed by atoms with Crippen LogP contribution in [0.25, 0.3) is 22.3 Å². The van der Waals surface area contributed by atoms with E-state index in [0.29, 0.717) is 52.5 Å². The predicted molar refractivity (Wildman–Crippen MR) is 149 cm³/mol. The summed E-state index contributed by atoms with van der Waals surface area (Å²) in [6.07, 6.45) is 3.77. The van der Waals surface area contributed by atoms with Gasteiger partial charge < -0.3 is 43.5 Å². The molecule has 10 heteroatoms. The zero-order valence-corrected chi connectivity index (χ0v) is 23.3. The molecule has 2 heterocycles. The zero-order valence-electron chi connectivity index (χ0n) is 23.3. The van der Waals surface area contributed by atoms with Crippen molar-refractivity contribution >= 4 is 11.0 Å². The van der Waals surface area contributed by atoms with E-state index in [9.17, 15) is 4.79 Å². The first-order chi connectivity index (χ1) is 18.9. The molecule has 0 amide bonds. The fourth-order valence-electron chi connectivity index (χ4n) is 4.84. The molecule has 0 spiro atoms. The van der Waals surface area contributed by atoms with Crippen molar-refractivity contribution in [3.63, 3.8) is 0 Å². The monoisotopic (exact) mass is 542 g/mol. The van der Waals surface area contributed by atoms with E-state index in [2.05, 4.69) is 4.90 Å². The molecule has 2 aromatic carbocycles. The van der Waals surface area contributed by atoms with Gasteiger partial charge in [0.05, 0.1) is 42.2 Å². The minimum Gasteiger partial charge on any atom is -0.496 e. The van der Waals surface area contributed by atoms with Crippen LogP contribution in [0.3, 0.4) is 0 Å². The first-order valence-corrected chi connectivity index (χ1v) is 13.1. The van der Waals surface area contributed by atoms with E-state index in [0.717, 1.165) is 45.3 Å². The Morgan fingerprint density at radius 3 is 2.10 bits per heavy atom. The van der Waals surface area contributed by atoms with Gasteiger partial charge in [0, 0.05) is 23.7 Å². The summed E-state index contributed by atoms with van der Waals surface area (Å²) in [5.74, 6) is 2.43. The SMILES string of the molecule is COc1cc(OC)c2c(=O)c(OCCCCN3CCC(N)CC3)c(-c3cc(OC)c(OC)c(OC)c3)oc2c1. The minimum atomic E-state index is -0.343. The molecule has 0 bridgehead atoms. The van der Waals surface area contributed by atoms with Crippen molar-refractivity contribution in [1.29, 1.82) is 0 Å². The molecule has 0 unspecified atom stereocenters. The number of ether oxygens (including phenoxy) is 6. The lowest BCUT2D eigenvalue weighted by atomic mass is 10.1. The molecule has 1 aliphatic rings. The second-order valence-electron chi connectivity index (χ2n) is 9.44. The van der Waals surface area contributed by atoms with E-state index in [1.165, 1.54) is 35.5 Å². The van der Waals surface area contributed by atoms with E-state index in [4.69, 9.17) is 38.6 Å². The molecule has 1 aliphatic heterocycles. The predicted octanol–water partition coefficient (Wildman–Crippen LogP) is 4.09. The molecule has 0 radical (unpaired) electrons. The van der Waals surface area contributed by atoms with Gasteiger partial charge >= 0.3 is 0 Å². The first kappa shape index (κ1) is 28.4. The topological polar surface area (TPSA) is 115 Å². The largest absolute Gasteiger partial charge is 0.496 e. The van der Waals surface area contributed by atoms with Crippen molar-refractivity contribution in [2.45, 2.75) is 31.7 Å². The van der Waals surface area contributed by atoms with Gasteiger partial charge in [-0.25, -0.2) is 0 Å². The van der Waals surface area contributed by atoms with Crippen LogP contribution in [-0.2, 0) is 0 Å². The van der Waals surface area contributed by atoms with Gasteiger partial charge in [0.2, 0.25) is 16.9 Å². The van der Waals surface area contributed by atoms with Gasteiger partial charge in [-0.15, -0.1) is 0 Å². The Labute approximate surface area is 228 Å². The number of nitrogens with two attached hydrogens (primary N) is 1. The lowest BCUT2D eigenvalue weighted by Crippen LogP contribution is -2.40. The second-order valence-corrected chi connectivity index (χ2v) is 9.44. The van der Waals surface area contributed by atoms with Crippen molar-refractivity contribution in [3.05, 3.63) is 34.5 Å². The van der Waals surface area contributed by atoms with Gasteiger partial charge in [0.25, 0.3) is 0 Å². The van der Waals surface area contributed by atoms with Crippen LogP contribution in [0.5, 0.6) is 34.5 Å². The maximum Gasteiger partial charge on any atom is 0.239 e. The Morgan fingerprint density at radius 2 is 1.51 bits per heavy atom. The molecule has 3 aromatic rings. The van der Waals surface area contributed by atoms with Crippen LogP contribution in [0.2, 0.25) is 0 Å². The van der Waals surface area contributed by atoms with Gasteiger partial charge in [-0.05, 0) is 57.5 Å². The van der Waals surface area contributed by atoms with Gasteiger partial charge in [0.1, 0.15) is 22.5 Å². The van der Waals surface area contributed by atoms with Crippen LogP contribution in [0, 0.1) is 0 Å². The van der Waals surface area contributed by atoms with Crippen LogP contribution in [0.4, 0.5) is 0 Å². The highest BCUT2D eigenvalue weighted by Crippen LogP contribution is 2.44. The molecule has 1 aromatic heterocycles. The Bertz CT molecular complexity index is 1310. The number of rotatable bonds is 12. The summed E-state index contributed by atoms with van der Waals surface area (Å²) in [4.78, 5) is 16.3. The molecule has 0 aliphatic carbocycles. The lowest BCUT2D eigenvalue weighted by Gasteiger charge is -2.29. The van der Waals surface area contributed by atoms with Gasteiger partial charge in [-0.3, -0.25) is 4.79 Å². The number of benzene rings is 2. The number of hydrogen-bond donors (Lipinski definition) is 1. The van der Waals surface area contributed by atoms with Gasteiger partial charge in [0.15, 0.2) is 17.3 Å². The molecule has 2 N–H and O–H groups in total. The third-order valence-electron chi connectivity index (χ3n) is 7.02. The van der Waals surface area contributed by atoms with Crippen LogP contribution in [0.1, 0.15) is 25.7 Å². The molecule has 1 saturated heterocycles. The molecule has 1 fully saturated rings. The molecular formula is C29H38N2O8. The van der Waals surface area contributed by atoms with Crippen molar-refractivity contribution in [3.8, 4) is 45.8 Å². The summed E-state index contributed by atoms with van der Waals surface area (Å²) >= 11 is 0. The average Bonchev–Trinajstić information content (AvgIpc) is 2.97. The third-order valence-corrected chi connectivity index (χ3v) is 7.02. The van der Waals surface area contributed by atoms with Crippen molar-refractivity contribution in [2.24, 2.45) is 5.73 Å². The van der Waals surface area contributed by atoms with Crippen molar-refractivity contribution in [2.75, 3.05) is 61.8 Å². The van der Waals surface area contributed by atoms with Crippen molar-refractivity contribution in [1.82, 2.24) is 4.90 Å². The molecule has 0 atom stereocenters. The maximum absolute atomic E-state index is 13.9. The highest BCUT2D eigenvalue weighted by molar-refractivity contribution is 5.89. The summed E-state index contributed by atoms with van der Waals surface area (Å²) in [6, 6.07) is 7.04. The highest BCUT2D eigenvalue weighted by atomic mass is 16.5. The Hall–Kier alpha value is -3.63. The lowest BCUT2D eigenvalue weighted by molar-refractivity contribution is 0.202. The van der Waals surface area contributed by atoms with Gasteiger partial charge in [-0.1, -0.05) is 0 Å². The number of nitrogens with zero attached hydrogens (tertiary/aromatic N) is 1. The van der Waals surface area contributed by atoms with E-state index in [-0.39, 0.29) is 22.3 Å². The fourth-order valence-corrected chi connectivity index (χ4v) is 4.84. The highest BCUT2D eigenvalue weighted by Gasteiger charge is 2.24. The number of methoxy groups -OCH3 is 5. The normalized spacial score (nSPS) is 14.3. The fraction of sp³-hybridized carbons (Fsp3) is 0.483. The molecule has 39 heavy (non-hydrogen) atoms. The number of hydrogen-bond acceptors (Lipinski definition) is 10. The van der Waals surface area contributed by atoms with Crippen LogP contribution in [0.15, 0.2) is 33.5 Å². The molecule has 212 valence electrons. The molecule has 0 saturated carbocycles. The number of unbranched alkanes of at least 4 members (excludes halogenated alkanes) is 1. The van der Waals surface area contributed by atoms with Crippen LogP contribution < -0.4 is 39.6 Å². The summed E-state index contributed by atoms with van der Waals surface area (Å²) in [7, 11) is 7.62. The third kappa shape index (κ3) is 6.17. The molecule has 4 rings (SSSR count). The van der Waals surface area contributed by atoms with E-state index < -0.39 is 0 Å². The van der Waals surface area contributed by atoms with E-state index in [1.54, 1.807) is 24.3 Å². The summed E-state index contributed by atoms with van der Waals surface area (Å²) in [5.41, 5.74) is 6.51. The number of piperidine rings is 1. The molecular weight excluding hydrogens is 504 g/mol. The maximum atomic E-state index is 13.9. The number of fused-ring (bicyclic) bond motifs is 1. The molecule has 10 nitrogen and oxygen atoms in total. The first-order valence-electron chi connectivity index (χ1n) is 13.1. The Balaban J connectivity index is 1.71. The van der Waals surface area contributed by atoms with Crippen molar-refractivity contribution < 1.29 is 32.8 Å². The van der Waals surface area contributed by atoms with E-state index in [1.807, 2.05) is 0 Å². The quantitative estimate of drug-likeness (QED) is 0.336. The van der Waals surface area contributed by atoms with Crippen LogP contribution >= 0.6 is 0 Å². The smallest absolute Gasteiger partial charge is 0.239 e. The summed E-state index contributed by atoms with van der Waals surface area (Å²) < 4.78 is 39.9. The summed E-state index contributed by atoms with van der Waals surface area (Å²) in [5, 5.41) is 0.272. The number of likely N-dealkylation sites (tertiary alicyclic amines) is 1. The van der Waals surface area contributed by atoms with E-state index >= 15 is 0 Å². The minimum absolute atomic E-state index is 0.0872. The Morgan fingerprint density at radius 1 is 0.846 bits per heavy atom. The zero-order chi connectivity index (χ0) is 27.9. The average molecular weight is 543 g/mol. The second kappa shape index (κ2) is 12.9. The Kier molecular flexibility index (Phi) is 9.42. The summed E-state index contributed by atoms with van der Waals surface area (Å²) in [6.45, 7) is 3.35. The standard InChI is InChI=1S/C29H38N2O8/c1-33-20-16-21(34-2)25-22(17-20)39-27(18-14-23(35-3)28(37-5)24(15-18)36-4)29(26(25)32)38-13-7-6-10-31-11-8-19(30)9-12-31/h14-17,19H,6-13,30H2,1-5H3. The van der Waals surface area contributed by atoms with Crippen LogP contribution in [-0.4, -0.2) is 72.7 Å². The van der Waals surface area contributed by atoms with Gasteiger partial charge in [-0.2, -0.15) is 0 Å².